The fourth-order valence-electron chi connectivity index (χ4n) is 4.00. The highest BCUT2D eigenvalue weighted by atomic mass is 16.6. The average molecular weight is 411 g/mol. The van der Waals surface area contributed by atoms with Gasteiger partial charge >= 0.3 is 12.1 Å². The van der Waals surface area contributed by atoms with Crippen molar-refractivity contribution in [2.45, 2.75) is 52.3 Å². The summed E-state index contributed by atoms with van der Waals surface area (Å²) in [5, 5.41) is 0. The number of nitrogens with zero attached hydrogens (tertiary/aromatic N) is 1. The number of hydrogen-bond acceptors (Lipinski definition) is 7. The second-order valence-corrected chi connectivity index (χ2v) is 9.06. The first-order valence-corrected chi connectivity index (χ1v) is 9.75. The highest BCUT2D eigenvalue weighted by molar-refractivity contribution is 5.89. The predicted molar refractivity (Wildman–Crippen MR) is 106 cm³/mol. The predicted octanol–water partition coefficient (Wildman–Crippen LogP) is 1.24. The van der Waals surface area contributed by atoms with Gasteiger partial charge < -0.3 is 19.1 Å². The largest absolute Gasteiger partial charge is 0.467 e. The third kappa shape index (κ3) is 5.27. The van der Waals surface area contributed by atoms with Gasteiger partial charge in [0.1, 0.15) is 17.7 Å². The van der Waals surface area contributed by atoms with E-state index < -0.39 is 29.7 Å². The van der Waals surface area contributed by atoms with Crippen molar-refractivity contribution in [1.29, 1.82) is 0 Å². The molecule has 0 bridgehead atoms. The molecule has 0 radical (unpaired) electrons. The van der Waals surface area contributed by atoms with Crippen LogP contribution < -0.4 is 10.9 Å². The number of methoxy groups -OCH3 is 1. The van der Waals surface area contributed by atoms with Gasteiger partial charge in [-0.3, -0.25) is 10.2 Å². The topological polar surface area (TPSA) is 106 Å². The van der Waals surface area contributed by atoms with E-state index in [1.165, 1.54) is 12.0 Å². The van der Waals surface area contributed by atoms with Crippen LogP contribution in [0.15, 0.2) is 12.7 Å². The maximum absolute atomic E-state index is 13.2. The monoisotopic (exact) mass is 411 g/mol. The van der Waals surface area contributed by atoms with E-state index in [2.05, 4.69) is 31.3 Å². The molecule has 0 unspecified atom stereocenters. The Hall–Kier alpha value is -2.13. The van der Waals surface area contributed by atoms with E-state index in [-0.39, 0.29) is 36.4 Å². The molecular formula is C20H33N3O6. The van der Waals surface area contributed by atoms with Crippen LogP contribution in [0.5, 0.6) is 0 Å². The van der Waals surface area contributed by atoms with Crippen molar-refractivity contribution in [3.05, 3.63) is 12.7 Å². The molecule has 29 heavy (non-hydrogen) atoms. The van der Waals surface area contributed by atoms with Gasteiger partial charge in [-0.1, -0.05) is 19.9 Å². The molecule has 2 rings (SSSR count). The molecule has 2 aliphatic rings. The minimum absolute atomic E-state index is 0.00728. The number of esters is 1. The number of hydrogen-bond donors (Lipinski definition) is 2. The third-order valence-corrected chi connectivity index (χ3v) is 5.50. The Kier molecular flexibility index (Phi) is 6.95. The van der Waals surface area contributed by atoms with Crippen LogP contribution in [-0.2, 0) is 23.8 Å². The average Bonchev–Trinajstić information content (AvgIpc) is 2.97. The maximum atomic E-state index is 13.2. The van der Waals surface area contributed by atoms with Crippen LogP contribution in [0.3, 0.4) is 0 Å². The highest BCUT2D eigenvalue weighted by Crippen LogP contribution is 2.65. The summed E-state index contributed by atoms with van der Waals surface area (Å²) in [5.74, 6) is -0.470. The zero-order valence-electron chi connectivity index (χ0n) is 18.1. The molecule has 2 fully saturated rings. The van der Waals surface area contributed by atoms with Crippen molar-refractivity contribution in [1.82, 2.24) is 15.8 Å². The Balaban J connectivity index is 2.08. The summed E-state index contributed by atoms with van der Waals surface area (Å²) in [4.78, 5) is 39.1. The minimum atomic E-state index is -0.893. The zero-order chi connectivity index (χ0) is 22.0. The Morgan fingerprint density at radius 3 is 2.52 bits per heavy atom. The van der Waals surface area contributed by atoms with Gasteiger partial charge in [0.15, 0.2) is 0 Å². The van der Waals surface area contributed by atoms with Crippen LogP contribution in [0.25, 0.3) is 0 Å². The van der Waals surface area contributed by atoms with E-state index in [0.717, 1.165) is 0 Å². The van der Waals surface area contributed by atoms with E-state index in [1.807, 2.05) is 0 Å². The Bertz CT molecular complexity index is 657. The molecule has 1 heterocycles. The molecular weight excluding hydrogens is 378 g/mol. The van der Waals surface area contributed by atoms with Crippen molar-refractivity contribution < 1.29 is 28.6 Å². The van der Waals surface area contributed by atoms with Gasteiger partial charge in [-0.15, -0.1) is 6.58 Å². The zero-order valence-corrected chi connectivity index (χ0v) is 18.1. The van der Waals surface area contributed by atoms with Crippen LogP contribution in [0, 0.1) is 17.3 Å². The number of nitrogens with one attached hydrogen (secondary N) is 2. The molecule has 0 aromatic heterocycles. The lowest BCUT2D eigenvalue weighted by Crippen LogP contribution is -2.58. The summed E-state index contributed by atoms with van der Waals surface area (Å²) in [6.45, 7) is 13.7. The van der Waals surface area contributed by atoms with E-state index in [9.17, 15) is 14.4 Å². The number of ether oxygens (including phenoxy) is 3. The minimum Gasteiger partial charge on any atom is -0.467 e. The van der Waals surface area contributed by atoms with Crippen LogP contribution in [0.2, 0.25) is 0 Å². The fourth-order valence-corrected chi connectivity index (χ4v) is 4.00. The van der Waals surface area contributed by atoms with Crippen LogP contribution in [0.4, 0.5) is 4.79 Å². The number of fused-ring (bicyclic) bond motifs is 1. The number of likely N-dealkylation sites (tertiary alicyclic amines) is 1. The van der Waals surface area contributed by atoms with Crippen molar-refractivity contribution in [3.8, 4) is 0 Å². The number of carbonyl (C=O) groups excluding carboxylic acids is 3. The van der Waals surface area contributed by atoms with Gasteiger partial charge in [-0.25, -0.2) is 15.0 Å². The van der Waals surface area contributed by atoms with Gasteiger partial charge in [0.05, 0.1) is 20.3 Å². The molecule has 2 N–H and O–H groups in total. The highest BCUT2D eigenvalue weighted by Gasteiger charge is 2.70. The molecule has 0 aromatic carbocycles. The lowest BCUT2D eigenvalue weighted by atomic mass is 10.0. The van der Waals surface area contributed by atoms with Crippen LogP contribution in [-0.4, -0.2) is 67.4 Å². The molecule has 9 heteroatoms. The normalized spacial score (nSPS) is 25.6. The van der Waals surface area contributed by atoms with Crippen LogP contribution >= 0.6 is 0 Å². The van der Waals surface area contributed by atoms with Gasteiger partial charge in [0.2, 0.25) is 5.91 Å². The van der Waals surface area contributed by atoms with Crippen molar-refractivity contribution in [2.24, 2.45) is 17.3 Å². The van der Waals surface area contributed by atoms with Gasteiger partial charge in [-0.05, 0) is 32.1 Å². The molecule has 1 saturated heterocycles. The maximum Gasteiger partial charge on any atom is 0.422 e. The molecule has 4 atom stereocenters. The summed E-state index contributed by atoms with van der Waals surface area (Å²) in [6, 6.07) is -1.53. The van der Waals surface area contributed by atoms with E-state index in [0.29, 0.717) is 6.54 Å². The summed E-state index contributed by atoms with van der Waals surface area (Å²) in [6.07, 6.45) is 0.849. The summed E-state index contributed by atoms with van der Waals surface area (Å²) < 4.78 is 15.6. The number of rotatable bonds is 8. The number of carbonyl (C=O) groups is 3. The second kappa shape index (κ2) is 8.71. The van der Waals surface area contributed by atoms with Crippen molar-refractivity contribution >= 4 is 18.0 Å². The second-order valence-electron chi connectivity index (χ2n) is 9.06. The molecule has 0 aromatic rings. The standard InChI is InChI=1S/C20H33N3O6/c1-8-9-28-11-13(21-22-18(26)29-19(2,3)4)16(24)23-10-12-14(20(12,5)6)15(23)17(25)27-7/h8,12-15,21H,1,9-11H2,2-7H3,(H,22,26)/t12-,13-,14-,15-/m0/s1. The quantitative estimate of drug-likeness (QED) is 0.268. The van der Waals surface area contributed by atoms with Crippen molar-refractivity contribution in [3.63, 3.8) is 0 Å². The molecule has 0 spiro atoms. The Morgan fingerprint density at radius 2 is 1.97 bits per heavy atom. The first kappa shape index (κ1) is 23.2. The van der Waals surface area contributed by atoms with Gasteiger partial charge in [-0.2, -0.15) is 0 Å². The number of piperidine rings is 1. The first-order valence-electron chi connectivity index (χ1n) is 9.75. The Labute approximate surface area is 172 Å². The Morgan fingerprint density at radius 1 is 1.31 bits per heavy atom. The summed E-state index contributed by atoms with van der Waals surface area (Å²) in [7, 11) is 1.32. The lowest BCUT2D eigenvalue weighted by Gasteiger charge is -2.32. The fraction of sp³-hybridized carbons (Fsp3) is 0.750. The molecule has 1 saturated carbocycles. The number of amides is 2. The smallest absolute Gasteiger partial charge is 0.422 e. The molecule has 1 aliphatic carbocycles. The molecule has 1 aliphatic heterocycles. The first-order chi connectivity index (χ1) is 13.4. The van der Waals surface area contributed by atoms with Gasteiger partial charge in [0.25, 0.3) is 0 Å². The molecule has 164 valence electrons. The molecule has 9 nitrogen and oxygen atoms in total. The molecule has 2 amide bonds. The van der Waals surface area contributed by atoms with E-state index in [4.69, 9.17) is 14.2 Å². The van der Waals surface area contributed by atoms with E-state index >= 15 is 0 Å². The third-order valence-electron chi connectivity index (χ3n) is 5.50. The van der Waals surface area contributed by atoms with Gasteiger partial charge in [0, 0.05) is 12.5 Å². The van der Waals surface area contributed by atoms with Crippen LogP contribution in [0.1, 0.15) is 34.6 Å². The van der Waals surface area contributed by atoms with E-state index in [1.54, 1.807) is 26.8 Å². The summed E-state index contributed by atoms with van der Waals surface area (Å²) >= 11 is 0. The summed E-state index contributed by atoms with van der Waals surface area (Å²) in [5.41, 5.74) is 4.38. The lowest BCUT2D eigenvalue weighted by molar-refractivity contribution is -0.154. The van der Waals surface area contributed by atoms with Crippen molar-refractivity contribution in [2.75, 3.05) is 26.9 Å². The number of hydrazine groups is 1. The SMILES string of the molecule is C=CCOC[C@H](NNC(=O)OC(C)(C)C)C(=O)N1C[C@H]2[C@@H]([C@H]1C(=O)OC)C2(C)C.